The van der Waals surface area contributed by atoms with Gasteiger partial charge >= 0.3 is 0 Å². The number of nitrogens with one attached hydrogen (secondary N) is 1. The molecule has 0 aliphatic carbocycles. The maximum absolute atomic E-state index is 11.8. The molecule has 1 aliphatic heterocycles. The number of carbonyl (C=O) groups excluding carboxylic acids is 1. The molecule has 0 saturated carbocycles. The van der Waals surface area contributed by atoms with Crippen LogP contribution in [0.15, 0.2) is 0 Å². The molecular weight excluding hydrogens is 202 g/mol. The van der Waals surface area contributed by atoms with Crippen LogP contribution in [0.4, 0.5) is 0 Å². The van der Waals surface area contributed by atoms with E-state index < -0.39 is 0 Å². The minimum absolute atomic E-state index is 0.0125. The Labute approximate surface area is 97.6 Å². The topological polar surface area (TPSA) is 56.1 Å². The summed E-state index contributed by atoms with van der Waals surface area (Å²) < 4.78 is 0. The predicted octanol–water partition coefficient (Wildman–Crippen LogP) is 1.14. The summed E-state index contributed by atoms with van der Waals surface area (Å²) in [6.07, 6.45) is 0.266. The number of amides is 1. The standard InChI is InChI=1S/C12H21N3O/c1-9(2)7-15-10(5-6-13)11(16)14-8-12(15,3)4/h9-10H,5,7-8H2,1-4H3,(H,14,16). The molecule has 1 heterocycles. The van der Waals surface area contributed by atoms with Crippen molar-refractivity contribution in [2.75, 3.05) is 13.1 Å². The fraction of sp³-hybridized carbons (Fsp3) is 0.833. The summed E-state index contributed by atoms with van der Waals surface area (Å²) in [6, 6.07) is 1.81. The Morgan fingerprint density at radius 2 is 2.25 bits per heavy atom. The highest BCUT2D eigenvalue weighted by molar-refractivity contribution is 5.83. The molecule has 1 amide bonds. The first kappa shape index (κ1) is 13.0. The van der Waals surface area contributed by atoms with E-state index in [1.165, 1.54) is 0 Å². The van der Waals surface area contributed by atoms with Crippen LogP contribution in [0.3, 0.4) is 0 Å². The van der Waals surface area contributed by atoms with Crippen molar-refractivity contribution in [2.24, 2.45) is 5.92 Å². The molecule has 90 valence electrons. The highest BCUT2D eigenvalue weighted by atomic mass is 16.2. The van der Waals surface area contributed by atoms with Gasteiger partial charge in [0.1, 0.15) is 6.04 Å². The third-order valence-electron chi connectivity index (χ3n) is 3.00. The number of piperazine rings is 1. The lowest BCUT2D eigenvalue weighted by Gasteiger charge is -2.47. The van der Waals surface area contributed by atoms with Crippen molar-refractivity contribution < 1.29 is 4.79 Å². The van der Waals surface area contributed by atoms with E-state index in [1.54, 1.807) is 0 Å². The van der Waals surface area contributed by atoms with E-state index in [1.807, 2.05) is 0 Å². The monoisotopic (exact) mass is 223 g/mol. The smallest absolute Gasteiger partial charge is 0.238 e. The van der Waals surface area contributed by atoms with E-state index in [2.05, 4.69) is 44.0 Å². The number of hydrogen-bond acceptors (Lipinski definition) is 3. The van der Waals surface area contributed by atoms with Crippen LogP contribution in [0.1, 0.15) is 34.1 Å². The number of rotatable bonds is 3. The molecular formula is C12H21N3O. The summed E-state index contributed by atoms with van der Waals surface area (Å²) in [4.78, 5) is 13.9. The lowest BCUT2D eigenvalue weighted by molar-refractivity contribution is -0.134. The fourth-order valence-corrected chi connectivity index (χ4v) is 2.14. The number of carbonyl (C=O) groups is 1. The summed E-state index contributed by atoms with van der Waals surface area (Å²) >= 11 is 0. The first-order chi connectivity index (χ1) is 7.38. The molecule has 16 heavy (non-hydrogen) atoms. The quantitative estimate of drug-likeness (QED) is 0.780. The molecule has 4 nitrogen and oxygen atoms in total. The van der Waals surface area contributed by atoms with Crippen molar-refractivity contribution >= 4 is 5.91 Å². The molecule has 1 rings (SSSR count). The van der Waals surface area contributed by atoms with Gasteiger partial charge in [0.25, 0.3) is 0 Å². The van der Waals surface area contributed by atoms with E-state index in [0.29, 0.717) is 12.5 Å². The second-order valence-electron chi connectivity index (χ2n) is 5.45. The minimum Gasteiger partial charge on any atom is -0.353 e. The Morgan fingerprint density at radius 1 is 1.62 bits per heavy atom. The Balaban J connectivity index is 2.89. The van der Waals surface area contributed by atoms with Crippen LogP contribution in [-0.4, -0.2) is 35.5 Å². The maximum atomic E-state index is 11.8. The predicted molar refractivity (Wildman–Crippen MR) is 62.7 cm³/mol. The summed E-state index contributed by atoms with van der Waals surface area (Å²) in [6.45, 7) is 9.99. The Kier molecular flexibility index (Phi) is 3.93. The van der Waals surface area contributed by atoms with E-state index in [0.717, 1.165) is 6.54 Å². The van der Waals surface area contributed by atoms with E-state index >= 15 is 0 Å². The largest absolute Gasteiger partial charge is 0.353 e. The molecule has 0 bridgehead atoms. The van der Waals surface area contributed by atoms with Gasteiger partial charge in [-0.3, -0.25) is 9.69 Å². The Bertz CT molecular complexity index is 304. The molecule has 0 aromatic rings. The normalized spacial score (nSPS) is 25.2. The van der Waals surface area contributed by atoms with E-state index in [9.17, 15) is 4.79 Å². The van der Waals surface area contributed by atoms with Crippen molar-refractivity contribution in [2.45, 2.75) is 45.7 Å². The van der Waals surface area contributed by atoms with Crippen LogP contribution in [0.2, 0.25) is 0 Å². The zero-order valence-corrected chi connectivity index (χ0v) is 10.6. The Morgan fingerprint density at radius 3 is 2.75 bits per heavy atom. The van der Waals surface area contributed by atoms with E-state index in [4.69, 9.17) is 5.26 Å². The van der Waals surface area contributed by atoms with Gasteiger partial charge in [0.15, 0.2) is 0 Å². The summed E-state index contributed by atoms with van der Waals surface area (Å²) in [5.41, 5.74) is -0.0697. The molecule has 0 spiro atoms. The first-order valence-corrected chi connectivity index (χ1v) is 5.80. The third kappa shape index (κ3) is 2.73. The zero-order valence-electron chi connectivity index (χ0n) is 10.6. The van der Waals surface area contributed by atoms with E-state index in [-0.39, 0.29) is 23.9 Å². The number of nitriles is 1. The highest BCUT2D eigenvalue weighted by Gasteiger charge is 2.40. The second kappa shape index (κ2) is 4.84. The Hall–Kier alpha value is -1.08. The summed E-state index contributed by atoms with van der Waals surface area (Å²) in [7, 11) is 0. The average molecular weight is 223 g/mol. The molecule has 0 aromatic carbocycles. The molecule has 1 saturated heterocycles. The van der Waals surface area contributed by atoms with Gasteiger partial charge in [-0.25, -0.2) is 0 Å². The molecule has 0 aromatic heterocycles. The lowest BCUT2D eigenvalue weighted by atomic mass is 9.93. The van der Waals surface area contributed by atoms with Gasteiger partial charge in [0, 0.05) is 18.6 Å². The van der Waals surface area contributed by atoms with Gasteiger partial charge < -0.3 is 5.32 Å². The fourth-order valence-electron chi connectivity index (χ4n) is 2.14. The second-order valence-corrected chi connectivity index (χ2v) is 5.45. The van der Waals surface area contributed by atoms with Crippen molar-refractivity contribution in [3.8, 4) is 6.07 Å². The summed E-state index contributed by atoms with van der Waals surface area (Å²) in [5.74, 6) is 0.480. The van der Waals surface area contributed by atoms with Crippen LogP contribution in [0, 0.1) is 17.2 Å². The third-order valence-corrected chi connectivity index (χ3v) is 3.00. The van der Waals surface area contributed by atoms with Crippen LogP contribution >= 0.6 is 0 Å². The van der Waals surface area contributed by atoms with Crippen molar-refractivity contribution in [3.63, 3.8) is 0 Å². The lowest BCUT2D eigenvalue weighted by Crippen LogP contribution is -2.65. The van der Waals surface area contributed by atoms with Crippen LogP contribution < -0.4 is 5.32 Å². The molecule has 1 unspecified atom stereocenters. The van der Waals surface area contributed by atoms with Crippen LogP contribution in [0.25, 0.3) is 0 Å². The van der Waals surface area contributed by atoms with Crippen LogP contribution in [-0.2, 0) is 4.79 Å². The zero-order chi connectivity index (χ0) is 12.3. The van der Waals surface area contributed by atoms with Crippen molar-refractivity contribution in [1.29, 1.82) is 5.26 Å². The molecule has 1 fully saturated rings. The van der Waals surface area contributed by atoms with Crippen molar-refractivity contribution in [3.05, 3.63) is 0 Å². The highest BCUT2D eigenvalue weighted by Crippen LogP contribution is 2.24. The molecule has 0 radical (unpaired) electrons. The molecule has 1 N–H and O–H groups in total. The van der Waals surface area contributed by atoms with Gasteiger partial charge in [0.2, 0.25) is 5.91 Å². The minimum atomic E-state index is -0.295. The molecule has 4 heteroatoms. The van der Waals surface area contributed by atoms with Crippen molar-refractivity contribution in [1.82, 2.24) is 10.2 Å². The maximum Gasteiger partial charge on any atom is 0.238 e. The molecule has 1 atom stereocenters. The molecule has 1 aliphatic rings. The van der Waals surface area contributed by atoms with Gasteiger partial charge in [-0.05, 0) is 19.8 Å². The van der Waals surface area contributed by atoms with Crippen LogP contribution in [0.5, 0.6) is 0 Å². The number of nitrogens with zero attached hydrogens (tertiary/aromatic N) is 2. The number of hydrogen-bond donors (Lipinski definition) is 1. The average Bonchev–Trinajstić information content (AvgIpc) is 2.17. The first-order valence-electron chi connectivity index (χ1n) is 5.80. The summed E-state index contributed by atoms with van der Waals surface area (Å²) in [5, 5.41) is 11.7. The van der Waals surface area contributed by atoms with Gasteiger partial charge in [-0.15, -0.1) is 0 Å². The van der Waals surface area contributed by atoms with Gasteiger partial charge in [0.05, 0.1) is 12.5 Å². The SMILES string of the molecule is CC(C)CN1C(CC#N)C(=O)NCC1(C)C. The van der Waals surface area contributed by atoms with Gasteiger partial charge in [-0.2, -0.15) is 5.26 Å². The van der Waals surface area contributed by atoms with Gasteiger partial charge in [-0.1, -0.05) is 13.8 Å².